The summed E-state index contributed by atoms with van der Waals surface area (Å²) in [5.41, 5.74) is 5.26. The highest BCUT2D eigenvalue weighted by Gasteiger charge is 2.18. The van der Waals surface area contributed by atoms with E-state index in [2.05, 4.69) is 30.6 Å². The van der Waals surface area contributed by atoms with Crippen molar-refractivity contribution in [3.63, 3.8) is 0 Å². The SMILES string of the molecule is Cc1ncnc2c1c(NCc1ccc3c(c1)OCO3)cc(=O)n2O.Cc1ncnc2c1c(NCc1ccc3c(c1)OCO3)cc(=O)n2OCc1ccccc1. The molecular weight excluding hydrogens is 708 g/mol. The van der Waals surface area contributed by atoms with Crippen LogP contribution in [0.4, 0.5) is 11.4 Å². The lowest BCUT2D eigenvalue weighted by Crippen LogP contribution is -2.28. The van der Waals surface area contributed by atoms with Gasteiger partial charge in [-0.3, -0.25) is 9.59 Å². The standard InChI is InChI=1S/C23H20N4O4.C16H14N4O4/c1-15-22-18(24-11-17-7-8-19-20(9-17)30-14-29-19)10-21(28)27(23(22)26-13-25-15)31-12-16-5-3-2-4-6-16;1-9-15-11(5-14(21)20(22)16(15)19-7-18-9)17-6-10-2-3-12-13(4-10)24-8-23-12/h2-10,13,24H,11-12,14H2,1H3;2-5,7,17,22H,6,8H2,1H3. The molecule has 0 bridgehead atoms. The predicted octanol–water partition coefficient (Wildman–Crippen LogP) is 4.75. The molecule has 2 aliphatic rings. The zero-order valence-electron chi connectivity index (χ0n) is 29.7. The molecule has 0 saturated heterocycles. The third kappa shape index (κ3) is 7.20. The highest BCUT2D eigenvalue weighted by atomic mass is 16.7. The Morgan fingerprint density at radius 3 is 1.76 bits per heavy atom. The number of anilines is 2. The monoisotopic (exact) mass is 742 g/mol. The van der Waals surface area contributed by atoms with Gasteiger partial charge in [0.15, 0.2) is 34.3 Å². The van der Waals surface area contributed by atoms with E-state index < -0.39 is 5.56 Å². The lowest BCUT2D eigenvalue weighted by Gasteiger charge is -2.15. The molecule has 0 unspecified atom stereocenters. The van der Waals surface area contributed by atoms with Crippen LogP contribution in [0.2, 0.25) is 0 Å². The van der Waals surface area contributed by atoms with E-state index in [9.17, 15) is 14.8 Å². The summed E-state index contributed by atoms with van der Waals surface area (Å²) in [7, 11) is 0. The molecule has 7 aromatic rings. The Labute approximate surface area is 312 Å². The number of fused-ring (bicyclic) bond motifs is 4. The molecule has 0 spiro atoms. The van der Waals surface area contributed by atoms with Crippen LogP contribution in [0, 0.1) is 13.8 Å². The van der Waals surface area contributed by atoms with Crippen LogP contribution < -0.4 is 45.5 Å². The van der Waals surface area contributed by atoms with Gasteiger partial charge in [0.05, 0.1) is 33.5 Å². The first-order valence-corrected chi connectivity index (χ1v) is 17.2. The van der Waals surface area contributed by atoms with E-state index in [-0.39, 0.29) is 31.4 Å². The van der Waals surface area contributed by atoms with Crippen LogP contribution in [0.5, 0.6) is 23.0 Å². The molecule has 0 saturated carbocycles. The second-order valence-electron chi connectivity index (χ2n) is 12.6. The molecule has 3 N–H and O–H groups in total. The first-order valence-electron chi connectivity index (χ1n) is 17.2. The number of hydrogen-bond acceptors (Lipinski definition) is 14. The van der Waals surface area contributed by atoms with Crippen molar-refractivity contribution >= 4 is 33.4 Å². The van der Waals surface area contributed by atoms with Crippen LogP contribution >= 0.6 is 0 Å². The fraction of sp³-hybridized carbons (Fsp3) is 0.179. The van der Waals surface area contributed by atoms with Crippen molar-refractivity contribution in [3.05, 3.63) is 140 Å². The Hall–Kier alpha value is -7.36. The normalized spacial score (nSPS) is 12.3. The van der Waals surface area contributed by atoms with Gasteiger partial charge in [0, 0.05) is 25.2 Å². The second-order valence-corrected chi connectivity index (χ2v) is 12.6. The van der Waals surface area contributed by atoms with Gasteiger partial charge >= 0.3 is 0 Å². The highest BCUT2D eigenvalue weighted by molar-refractivity contribution is 5.91. The van der Waals surface area contributed by atoms with E-state index in [0.717, 1.165) is 39.3 Å². The minimum absolute atomic E-state index is 0.170. The lowest BCUT2D eigenvalue weighted by atomic mass is 10.1. The van der Waals surface area contributed by atoms with Crippen LogP contribution in [0.15, 0.2) is 101 Å². The minimum Gasteiger partial charge on any atom is -0.454 e. The maximum absolute atomic E-state index is 12.9. The maximum atomic E-state index is 12.9. The molecule has 9 rings (SSSR count). The summed E-state index contributed by atoms with van der Waals surface area (Å²) < 4.78 is 23.2. The van der Waals surface area contributed by atoms with Gasteiger partial charge in [-0.25, -0.2) is 19.9 Å². The van der Waals surface area contributed by atoms with Gasteiger partial charge in [-0.15, -0.1) is 9.46 Å². The predicted molar refractivity (Wildman–Crippen MR) is 201 cm³/mol. The summed E-state index contributed by atoms with van der Waals surface area (Å²) in [6.07, 6.45) is 2.74. The fourth-order valence-corrected chi connectivity index (χ4v) is 6.20. The second kappa shape index (κ2) is 14.9. The Balaban J connectivity index is 0.000000160. The highest BCUT2D eigenvalue weighted by Crippen LogP contribution is 2.34. The fourth-order valence-electron chi connectivity index (χ4n) is 6.20. The number of hydrogen-bond donors (Lipinski definition) is 3. The molecule has 6 heterocycles. The molecule has 0 atom stereocenters. The van der Waals surface area contributed by atoms with Gasteiger partial charge < -0.3 is 39.6 Å². The molecule has 3 aromatic carbocycles. The Kier molecular flexibility index (Phi) is 9.43. The van der Waals surface area contributed by atoms with Gasteiger partial charge in [-0.05, 0) is 54.8 Å². The number of rotatable bonds is 9. The molecule has 0 radical (unpaired) electrons. The number of aryl methyl sites for hydroxylation is 2. The number of benzene rings is 3. The third-order valence-corrected chi connectivity index (χ3v) is 8.95. The zero-order valence-corrected chi connectivity index (χ0v) is 29.7. The van der Waals surface area contributed by atoms with Crippen LogP contribution in [-0.4, -0.2) is 48.2 Å². The Morgan fingerprint density at radius 1 is 0.636 bits per heavy atom. The third-order valence-electron chi connectivity index (χ3n) is 8.95. The number of ether oxygens (including phenoxy) is 4. The van der Waals surface area contributed by atoms with E-state index in [1.807, 2.05) is 73.7 Å². The molecule has 0 fully saturated rings. The van der Waals surface area contributed by atoms with Crippen molar-refractivity contribution in [1.82, 2.24) is 29.4 Å². The quantitative estimate of drug-likeness (QED) is 0.172. The summed E-state index contributed by atoms with van der Waals surface area (Å²) in [5.74, 6) is 2.87. The average Bonchev–Trinajstić information content (AvgIpc) is 3.88. The van der Waals surface area contributed by atoms with Crippen LogP contribution in [-0.2, 0) is 19.7 Å². The van der Waals surface area contributed by atoms with Crippen molar-refractivity contribution in [1.29, 1.82) is 0 Å². The van der Waals surface area contributed by atoms with E-state index >= 15 is 0 Å². The van der Waals surface area contributed by atoms with Crippen molar-refractivity contribution in [2.45, 2.75) is 33.5 Å². The molecule has 278 valence electrons. The number of aromatic nitrogens is 6. The van der Waals surface area contributed by atoms with Crippen molar-refractivity contribution in [2.24, 2.45) is 0 Å². The van der Waals surface area contributed by atoms with Crippen molar-refractivity contribution < 1.29 is 29.0 Å². The van der Waals surface area contributed by atoms with E-state index in [1.165, 1.54) is 29.5 Å². The van der Waals surface area contributed by atoms with Gasteiger partial charge in [-0.2, -0.15) is 0 Å². The summed E-state index contributed by atoms with van der Waals surface area (Å²) in [4.78, 5) is 47.3. The van der Waals surface area contributed by atoms with E-state index in [0.29, 0.717) is 57.4 Å². The van der Waals surface area contributed by atoms with E-state index in [4.69, 9.17) is 23.8 Å². The topological polar surface area (TPSA) is 186 Å². The summed E-state index contributed by atoms with van der Waals surface area (Å²) >= 11 is 0. The maximum Gasteiger partial charge on any atom is 0.287 e. The summed E-state index contributed by atoms with van der Waals surface area (Å²) in [5, 5.41) is 17.7. The first kappa shape index (κ1) is 34.7. The number of nitrogens with one attached hydrogen (secondary N) is 2. The molecule has 0 aliphatic carbocycles. The average molecular weight is 743 g/mol. The Morgan fingerprint density at radius 2 is 1.16 bits per heavy atom. The van der Waals surface area contributed by atoms with Gasteiger partial charge in [0.25, 0.3) is 11.1 Å². The molecular formula is C39H34N8O8. The lowest BCUT2D eigenvalue weighted by molar-refractivity contribution is 0.0979. The smallest absolute Gasteiger partial charge is 0.287 e. The van der Waals surface area contributed by atoms with E-state index in [1.54, 1.807) is 6.92 Å². The van der Waals surface area contributed by atoms with Gasteiger partial charge in [0.2, 0.25) is 13.6 Å². The molecule has 2 aliphatic heterocycles. The first-order chi connectivity index (χ1) is 26.8. The molecule has 16 heteroatoms. The molecule has 0 amide bonds. The molecule has 4 aromatic heterocycles. The van der Waals surface area contributed by atoms with Crippen LogP contribution in [0.1, 0.15) is 28.1 Å². The largest absolute Gasteiger partial charge is 0.454 e. The number of nitrogens with zero attached hydrogens (tertiary/aromatic N) is 6. The van der Waals surface area contributed by atoms with Gasteiger partial charge in [-0.1, -0.05) is 42.5 Å². The zero-order chi connectivity index (χ0) is 37.9. The van der Waals surface area contributed by atoms with Crippen molar-refractivity contribution in [3.8, 4) is 23.0 Å². The summed E-state index contributed by atoms with van der Waals surface area (Å²) in [6, 6.07) is 23.9. The van der Waals surface area contributed by atoms with Crippen molar-refractivity contribution in [2.75, 3.05) is 24.2 Å². The summed E-state index contributed by atoms with van der Waals surface area (Å²) in [6.45, 7) is 5.34. The minimum atomic E-state index is -0.561. The number of pyridine rings is 2. The van der Waals surface area contributed by atoms with Crippen LogP contribution in [0.3, 0.4) is 0 Å². The molecule has 55 heavy (non-hydrogen) atoms. The Bertz CT molecular complexity index is 2670. The van der Waals surface area contributed by atoms with Crippen LogP contribution in [0.25, 0.3) is 22.1 Å². The van der Waals surface area contributed by atoms with Gasteiger partial charge in [0.1, 0.15) is 19.3 Å². The molecule has 16 nitrogen and oxygen atoms in total.